The molecule has 2 N–H and O–H groups in total. The molecule has 22 heavy (non-hydrogen) atoms. The molecule has 0 unspecified atom stereocenters. The van der Waals surface area contributed by atoms with Crippen molar-refractivity contribution in [1.29, 1.82) is 0 Å². The monoisotopic (exact) mass is 313 g/mol. The lowest BCUT2D eigenvalue weighted by molar-refractivity contribution is -0.128. The first kappa shape index (κ1) is 18.3. The Labute approximate surface area is 131 Å². The molecule has 1 fully saturated rings. The van der Waals surface area contributed by atoms with Crippen LogP contribution in [0, 0.1) is 5.92 Å². The number of ether oxygens (including phenoxy) is 1. The van der Waals surface area contributed by atoms with Gasteiger partial charge in [-0.05, 0) is 27.2 Å². The fourth-order valence-corrected chi connectivity index (χ4v) is 1.85. The molecule has 1 saturated heterocycles. The first-order valence-corrected chi connectivity index (χ1v) is 7.67. The number of rotatable bonds is 5. The zero-order chi connectivity index (χ0) is 16.9. The molecule has 7 nitrogen and oxygen atoms in total. The van der Waals surface area contributed by atoms with Crippen molar-refractivity contribution in [2.24, 2.45) is 5.92 Å². The van der Waals surface area contributed by atoms with E-state index in [1.807, 2.05) is 34.6 Å². The minimum Gasteiger partial charge on any atom is -0.444 e. The van der Waals surface area contributed by atoms with Crippen molar-refractivity contribution in [3.63, 3.8) is 0 Å². The number of likely N-dealkylation sites (tertiary alicyclic amines) is 1. The van der Waals surface area contributed by atoms with Crippen LogP contribution in [0.4, 0.5) is 4.79 Å². The molecule has 7 heteroatoms. The third kappa shape index (κ3) is 5.91. The average Bonchev–Trinajstić information content (AvgIpc) is 2.36. The third-order valence-electron chi connectivity index (χ3n) is 3.38. The molecule has 0 aromatic heterocycles. The SMILES string of the molecule is CC[C@H](C)C(=O)NCC(=O)NC1CN(C(=O)OC(C)(C)C)C1. The van der Waals surface area contributed by atoms with Crippen LogP contribution in [0.25, 0.3) is 0 Å². The highest BCUT2D eigenvalue weighted by Gasteiger charge is 2.34. The minimum atomic E-state index is -0.522. The summed E-state index contributed by atoms with van der Waals surface area (Å²) in [5.74, 6) is -0.466. The molecule has 3 amide bonds. The van der Waals surface area contributed by atoms with E-state index in [2.05, 4.69) is 10.6 Å². The fraction of sp³-hybridized carbons (Fsp3) is 0.800. The van der Waals surface area contributed by atoms with Gasteiger partial charge < -0.3 is 20.3 Å². The number of hydrogen-bond donors (Lipinski definition) is 2. The largest absolute Gasteiger partial charge is 0.444 e. The van der Waals surface area contributed by atoms with Gasteiger partial charge in [0.05, 0.1) is 12.6 Å². The highest BCUT2D eigenvalue weighted by molar-refractivity contribution is 5.85. The highest BCUT2D eigenvalue weighted by atomic mass is 16.6. The molecule has 1 rings (SSSR count). The molecular weight excluding hydrogens is 286 g/mol. The van der Waals surface area contributed by atoms with E-state index in [0.29, 0.717) is 13.1 Å². The maximum absolute atomic E-state index is 11.7. The van der Waals surface area contributed by atoms with E-state index in [1.165, 1.54) is 4.90 Å². The van der Waals surface area contributed by atoms with E-state index in [0.717, 1.165) is 6.42 Å². The molecule has 0 spiro atoms. The number of carbonyl (C=O) groups is 3. The number of hydrogen-bond acceptors (Lipinski definition) is 4. The summed E-state index contributed by atoms with van der Waals surface area (Å²) in [6.07, 6.45) is 0.365. The summed E-state index contributed by atoms with van der Waals surface area (Å²) >= 11 is 0. The molecule has 1 aliphatic rings. The van der Waals surface area contributed by atoms with Gasteiger partial charge >= 0.3 is 6.09 Å². The van der Waals surface area contributed by atoms with E-state index in [4.69, 9.17) is 4.74 Å². The van der Waals surface area contributed by atoms with Gasteiger partial charge in [-0.1, -0.05) is 13.8 Å². The average molecular weight is 313 g/mol. The lowest BCUT2D eigenvalue weighted by Gasteiger charge is -2.39. The maximum Gasteiger partial charge on any atom is 0.410 e. The van der Waals surface area contributed by atoms with Crippen molar-refractivity contribution in [3.05, 3.63) is 0 Å². The minimum absolute atomic E-state index is 0.0356. The van der Waals surface area contributed by atoms with Gasteiger partial charge in [-0.15, -0.1) is 0 Å². The topological polar surface area (TPSA) is 87.7 Å². The Morgan fingerprint density at radius 1 is 1.27 bits per heavy atom. The van der Waals surface area contributed by atoms with E-state index in [-0.39, 0.29) is 36.4 Å². The molecule has 0 aromatic rings. The van der Waals surface area contributed by atoms with E-state index >= 15 is 0 Å². The molecule has 126 valence electrons. The normalized spacial score (nSPS) is 16.5. The second kappa shape index (κ2) is 7.47. The van der Waals surface area contributed by atoms with Crippen molar-refractivity contribution in [3.8, 4) is 0 Å². The van der Waals surface area contributed by atoms with Crippen LogP contribution in [0.2, 0.25) is 0 Å². The van der Waals surface area contributed by atoms with Crippen LogP contribution in [0.5, 0.6) is 0 Å². The standard InChI is InChI=1S/C15H27N3O4/c1-6-10(2)13(20)16-7-12(19)17-11-8-18(9-11)14(21)22-15(3,4)5/h10-11H,6-9H2,1-5H3,(H,16,20)(H,17,19)/t10-/m0/s1. The van der Waals surface area contributed by atoms with Gasteiger partial charge in [-0.2, -0.15) is 0 Å². The Balaban J connectivity index is 2.21. The Bertz CT molecular complexity index is 425. The number of nitrogens with zero attached hydrogens (tertiary/aromatic N) is 1. The van der Waals surface area contributed by atoms with Crippen molar-refractivity contribution >= 4 is 17.9 Å². The fourth-order valence-electron chi connectivity index (χ4n) is 1.85. The number of nitrogens with one attached hydrogen (secondary N) is 2. The second-order valence-corrected chi connectivity index (χ2v) is 6.68. The van der Waals surface area contributed by atoms with Gasteiger partial charge in [0, 0.05) is 19.0 Å². The van der Waals surface area contributed by atoms with E-state index in [1.54, 1.807) is 0 Å². The quantitative estimate of drug-likeness (QED) is 0.789. The molecule has 1 aliphatic heterocycles. The van der Waals surface area contributed by atoms with Crippen molar-refractivity contribution in [1.82, 2.24) is 15.5 Å². The Kier molecular flexibility index (Phi) is 6.20. The molecule has 0 aromatic carbocycles. The van der Waals surface area contributed by atoms with Crippen molar-refractivity contribution in [2.45, 2.75) is 52.7 Å². The van der Waals surface area contributed by atoms with Crippen LogP contribution < -0.4 is 10.6 Å². The van der Waals surface area contributed by atoms with E-state index < -0.39 is 5.60 Å². The second-order valence-electron chi connectivity index (χ2n) is 6.68. The third-order valence-corrected chi connectivity index (χ3v) is 3.38. The predicted octanol–water partition coefficient (Wildman–Crippen LogP) is 0.884. The summed E-state index contributed by atoms with van der Waals surface area (Å²) in [5.41, 5.74) is -0.522. The molecule has 0 aliphatic carbocycles. The molecular formula is C15H27N3O4. The molecule has 0 bridgehead atoms. The Morgan fingerprint density at radius 3 is 2.36 bits per heavy atom. The summed E-state index contributed by atoms with van der Waals surface area (Å²) < 4.78 is 5.23. The zero-order valence-corrected chi connectivity index (χ0v) is 14.1. The van der Waals surface area contributed by atoms with Gasteiger partial charge in [0.2, 0.25) is 11.8 Å². The predicted molar refractivity (Wildman–Crippen MR) is 82.2 cm³/mol. The summed E-state index contributed by atoms with van der Waals surface area (Å²) in [6.45, 7) is 9.99. The van der Waals surface area contributed by atoms with Gasteiger partial charge in [-0.25, -0.2) is 4.79 Å². The summed E-state index contributed by atoms with van der Waals surface area (Å²) in [7, 11) is 0. The van der Waals surface area contributed by atoms with Crippen LogP contribution in [0.3, 0.4) is 0 Å². The van der Waals surface area contributed by atoms with Crippen LogP contribution in [0.1, 0.15) is 41.0 Å². The number of carbonyl (C=O) groups excluding carboxylic acids is 3. The maximum atomic E-state index is 11.7. The first-order valence-electron chi connectivity index (χ1n) is 7.67. The highest BCUT2D eigenvalue weighted by Crippen LogP contribution is 2.15. The lowest BCUT2D eigenvalue weighted by atomic mass is 10.1. The van der Waals surface area contributed by atoms with Gasteiger partial charge in [0.1, 0.15) is 5.60 Å². The smallest absolute Gasteiger partial charge is 0.410 e. The lowest BCUT2D eigenvalue weighted by Crippen LogP contribution is -2.62. The molecule has 0 radical (unpaired) electrons. The Hall–Kier alpha value is -1.79. The summed E-state index contributed by atoms with van der Waals surface area (Å²) in [5, 5.41) is 5.37. The Morgan fingerprint density at radius 2 is 1.86 bits per heavy atom. The van der Waals surface area contributed by atoms with E-state index in [9.17, 15) is 14.4 Å². The summed E-state index contributed by atoms with van der Waals surface area (Å²) in [6, 6.07) is -0.0829. The zero-order valence-electron chi connectivity index (χ0n) is 14.1. The molecule has 1 atom stereocenters. The number of amides is 3. The molecule has 1 heterocycles. The van der Waals surface area contributed by atoms with Gasteiger partial charge in [-0.3, -0.25) is 9.59 Å². The van der Waals surface area contributed by atoms with Gasteiger partial charge in [0.25, 0.3) is 0 Å². The van der Waals surface area contributed by atoms with Gasteiger partial charge in [0.15, 0.2) is 0 Å². The molecule has 0 saturated carbocycles. The van der Waals surface area contributed by atoms with Crippen LogP contribution in [-0.2, 0) is 14.3 Å². The van der Waals surface area contributed by atoms with Crippen molar-refractivity contribution in [2.75, 3.05) is 19.6 Å². The first-order chi connectivity index (χ1) is 10.1. The van der Waals surface area contributed by atoms with Crippen LogP contribution in [-0.4, -0.2) is 54.1 Å². The summed E-state index contributed by atoms with van der Waals surface area (Å²) in [4.78, 5) is 36.5. The van der Waals surface area contributed by atoms with Crippen molar-refractivity contribution < 1.29 is 19.1 Å². The van der Waals surface area contributed by atoms with Crippen LogP contribution in [0.15, 0.2) is 0 Å². The van der Waals surface area contributed by atoms with Crippen LogP contribution >= 0.6 is 0 Å².